The fraction of sp³-hybridized carbons (Fsp3) is 0.188. The summed E-state index contributed by atoms with van der Waals surface area (Å²) in [5, 5.41) is 7.75. The Hall–Kier alpha value is -2.69. The lowest BCUT2D eigenvalue weighted by Gasteiger charge is -2.17. The second-order valence-corrected chi connectivity index (χ2v) is 4.86. The van der Waals surface area contributed by atoms with Gasteiger partial charge in [0.25, 0.3) is 0 Å². The van der Waals surface area contributed by atoms with Crippen LogP contribution in [0.15, 0.2) is 61.3 Å². The Balaban J connectivity index is 1.79. The van der Waals surface area contributed by atoms with Crippen molar-refractivity contribution in [3.8, 4) is 0 Å². The van der Waals surface area contributed by atoms with E-state index in [1.54, 1.807) is 24.8 Å². The Kier molecular flexibility index (Phi) is 3.91. The molecule has 5 nitrogen and oxygen atoms in total. The molecule has 0 amide bonds. The molecule has 0 aliphatic rings. The molecule has 0 spiro atoms. The normalized spacial score (nSPS) is 12.0. The quantitative estimate of drug-likeness (QED) is 0.780. The molecule has 106 valence electrons. The highest BCUT2D eigenvalue weighted by Gasteiger charge is 2.09. The van der Waals surface area contributed by atoms with E-state index in [0.29, 0.717) is 0 Å². The number of benzene rings is 1. The van der Waals surface area contributed by atoms with Gasteiger partial charge in [0, 0.05) is 30.5 Å². The smallest absolute Gasteiger partial charge is 0.0806 e. The van der Waals surface area contributed by atoms with E-state index in [1.165, 1.54) is 5.56 Å². The fourth-order valence-electron chi connectivity index (χ4n) is 2.21. The van der Waals surface area contributed by atoms with Gasteiger partial charge < -0.3 is 5.32 Å². The van der Waals surface area contributed by atoms with Crippen LogP contribution in [0.1, 0.15) is 24.2 Å². The SMILES string of the molecule is CC(Nc1ccccc1Cn1cccn1)c1cnccn1. The van der Waals surface area contributed by atoms with Gasteiger partial charge in [-0.15, -0.1) is 0 Å². The molecule has 0 aliphatic carbocycles. The lowest BCUT2D eigenvalue weighted by molar-refractivity contribution is 0.686. The van der Waals surface area contributed by atoms with E-state index < -0.39 is 0 Å². The zero-order valence-electron chi connectivity index (χ0n) is 11.8. The van der Waals surface area contributed by atoms with Gasteiger partial charge in [0.05, 0.1) is 24.5 Å². The Morgan fingerprint density at radius 2 is 2.05 bits per heavy atom. The van der Waals surface area contributed by atoms with E-state index >= 15 is 0 Å². The molecule has 2 heterocycles. The monoisotopic (exact) mass is 279 g/mol. The zero-order chi connectivity index (χ0) is 14.5. The summed E-state index contributed by atoms with van der Waals surface area (Å²) in [5.74, 6) is 0. The van der Waals surface area contributed by atoms with Crippen LogP contribution >= 0.6 is 0 Å². The third-order valence-corrected chi connectivity index (χ3v) is 3.31. The van der Waals surface area contributed by atoms with E-state index in [0.717, 1.165) is 17.9 Å². The number of nitrogens with one attached hydrogen (secondary N) is 1. The van der Waals surface area contributed by atoms with Crippen molar-refractivity contribution in [1.29, 1.82) is 0 Å². The minimum atomic E-state index is 0.0949. The molecular formula is C16H17N5. The van der Waals surface area contributed by atoms with Gasteiger partial charge >= 0.3 is 0 Å². The first-order chi connectivity index (χ1) is 10.3. The highest BCUT2D eigenvalue weighted by Crippen LogP contribution is 2.21. The predicted molar refractivity (Wildman–Crippen MR) is 81.8 cm³/mol. The van der Waals surface area contributed by atoms with E-state index in [2.05, 4.69) is 39.4 Å². The molecule has 0 aliphatic heterocycles. The van der Waals surface area contributed by atoms with Gasteiger partial charge in [0.2, 0.25) is 0 Å². The van der Waals surface area contributed by atoms with Crippen LogP contribution < -0.4 is 5.32 Å². The van der Waals surface area contributed by atoms with Crippen LogP contribution in [0.4, 0.5) is 5.69 Å². The van der Waals surface area contributed by atoms with Crippen LogP contribution in [-0.2, 0) is 6.54 Å². The van der Waals surface area contributed by atoms with Gasteiger partial charge in [0.15, 0.2) is 0 Å². The van der Waals surface area contributed by atoms with E-state index in [-0.39, 0.29) is 6.04 Å². The largest absolute Gasteiger partial charge is 0.377 e. The minimum Gasteiger partial charge on any atom is -0.377 e. The number of anilines is 1. The molecule has 0 fully saturated rings. The molecule has 21 heavy (non-hydrogen) atoms. The number of rotatable bonds is 5. The molecule has 3 aromatic rings. The van der Waals surface area contributed by atoms with E-state index in [9.17, 15) is 0 Å². The van der Waals surface area contributed by atoms with Crippen molar-refractivity contribution in [3.05, 3.63) is 72.6 Å². The van der Waals surface area contributed by atoms with Gasteiger partial charge in [-0.1, -0.05) is 18.2 Å². The molecule has 2 aromatic heterocycles. The van der Waals surface area contributed by atoms with Crippen molar-refractivity contribution in [2.45, 2.75) is 19.5 Å². The first-order valence-electron chi connectivity index (χ1n) is 6.91. The number of para-hydroxylation sites is 1. The summed E-state index contributed by atoms with van der Waals surface area (Å²) < 4.78 is 1.91. The first kappa shape index (κ1) is 13.3. The van der Waals surface area contributed by atoms with Gasteiger partial charge in [-0.2, -0.15) is 5.10 Å². The van der Waals surface area contributed by atoms with Crippen LogP contribution in [0.3, 0.4) is 0 Å². The number of nitrogens with zero attached hydrogens (tertiary/aromatic N) is 4. The van der Waals surface area contributed by atoms with Crippen molar-refractivity contribution in [2.75, 3.05) is 5.32 Å². The van der Waals surface area contributed by atoms with Crippen LogP contribution in [0, 0.1) is 0 Å². The van der Waals surface area contributed by atoms with Crippen molar-refractivity contribution >= 4 is 5.69 Å². The first-order valence-corrected chi connectivity index (χ1v) is 6.91. The molecule has 0 saturated carbocycles. The minimum absolute atomic E-state index is 0.0949. The van der Waals surface area contributed by atoms with Crippen LogP contribution in [0.5, 0.6) is 0 Å². The van der Waals surface area contributed by atoms with Gasteiger partial charge in [0.1, 0.15) is 0 Å². The summed E-state index contributed by atoms with van der Waals surface area (Å²) in [7, 11) is 0. The summed E-state index contributed by atoms with van der Waals surface area (Å²) in [6.07, 6.45) is 8.93. The maximum atomic E-state index is 4.34. The van der Waals surface area contributed by atoms with E-state index in [4.69, 9.17) is 0 Å². The molecule has 0 bridgehead atoms. The van der Waals surface area contributed by atoms with Crippen molar-refractivity contribution < 1.29 is 0 Å². The standard InChI is InChI=1S/C16H17N5/c1-13(16-11-17-8-9-18-16)20-15-6-3-2-5-14(15)12-21-10-4-7-19-21/h2-11,13,20H,12H2,1H3. The van der Waals surface area contributed by atoms with Crippen LogP contribution in [0.2, 0.25) is 0 Å². The summed E-state index contributed by atoms with van der Waals surface area (Å²) in [4.78, 5) is 8.45. The lowest BCUT2D eigenvalue weighted by Crippen LogP contribution is -2.11. The predicted octanol–water partition coefficient (Wildman–Crippen LogP) is 2.89. The summed E-state index contributed by atoms with van der Waals surface area (Å²) >= 11 is 0. The molecule has 1 N–H and O–H groups in total. The molecule has 5 heteroatoms. The van der Waals surface area contributed by atoms with Crippen LogP contribution in [0.25, 0.3) is 0 Å². The summed E-state index contributed by atoms with van der Waals surface area (Å²) in [6.45, 7) is 2.82. The maximum absolute atomic E-state index is 4.34. The topological polar surface area (TPSA) is 55.6 Å². The number of aromatic nitrogens is 4. The molecule has 1 atom stereocenters. The molecule has 1 unspecified atom stereocenters. The second-order valence-electron chi connectivity index (χ2n) is 4.86. The fourth-order valence-corrected chi connectivity index (χ4v) is 2.21. The van der Waals surface area contributed by atoms with Crippen LogP contribution in [-0.4, -0.2) is 19.7 Å². The van der Waals surface area contributed by atoms with Crippen molar-refractivity contribution in [3.63, 3.8) is 0 Å². The summed E-state index contributed by atoms with van der Waals surface area (Å²) in [5.41, 5.74) is 3.20. The van der Waals surface area contributed by atoms with Crippen molar-refractivity contribution in [1.82, 2.24) is 19.7 Å². The third-order valence-electron chi connectivity index (χ3n) is 3.31. The highest BCUT2D eigenvalue weighted by molar-refractivity contribution is 5.52. The Morgan fingerprint density at radius 1 is 1.14 bits per heavy atom. The molecule has 3 rings (SSSR count). The molecule has 1 aromatic carbocycles. The lowest BCUT2D eigenvalue weighted by atomic mass is 10.1. The molecular weight excluding hydrogens is 262 g/mol. The third kappa shape index (κ3) is 3.25. The van der Waals surface area contributed by atoms with Crippen molar-refractivity contribution in [2.24, 2.45) is 0 Å². The average Bonchev–Trinajstić information content (AvgIpc) is 3.03. The average molecular weight is 279 g/mol. The number of hydrogen-bond donors (Lipinski definition) is 1. The summed E-state index contributed by atoms with van der Waals surface area (Å²) in [6, 6.07) is 10.3. The second kappa shape index (κ2) is 6.17. The van der Waals surface area contributed by atoms with Gasteiger partial charge in [-0.25, -0.2) is 0 Å². The maximum Gasteiger partial charge on any atom is 0.0806 e. The Labute approximate surface area is 123 Å². The number of hydrogen-bond acceptors (Lipinski definition) is 4. The molecule has 0 saturated heterocycles. The molecule has 0 radical (unpaired) electrons. The highest BCUT2D eigenvalue weighted by atomic mass is 15.3. The van der Waals surface area contributed by atoms with Gasteiger partial charge in [-0.3, -0.25) is 14.6 Å². The zero-order valence-corrected chi connectivity index (χ0v) is 11.8. The Morgan fingerprint density at radius 3 is 2.81 bits per heavy atom. The Bertz CT molecular complexity index is 679. The van der Waals surface area contributed by atoms with E-state index in [1.807, 2.05) is 29.1 Å². The van der Waals surface area contributed by atoms with Gasteiger partial charge in [-0.05, 0) is 24.6 Å².